The molecule has 19 heavy (non-hydrogen) atoms. The molecule has 0 amide bonds. The molecule has 0 saturated carbocycles. The van der Waals surface area contributed by atoms with Crippen molar-refractivity contribution in [3.8, 4) is 5.75 Å². The summed E-state index contributed by atoms with van der Waals surface area (Å²) in [4.78, 5) is 0. The Morgan fingerprint density at radius 3 is 2.68 bits per heavy atom. The van der Waals surface area contributed by atoms with E-state index in [0.29, 0.717) is 12.5 Å². The standard InChI is InChI=1S/C12H13ClF3NO.ClH/c13-10-2-1-9(12(14,15)16)5-11(10)18-7-8-3-4-17-6-8;/h1-2,5,8,17H,3-4,6-7H2;1H. The molecule has 1 unspecified atom stereocenters. The lowest BCUT2D eigenvalue weighted by Crippen LogP contribution is -2.16. The van der Waals surface area contributed by atoms with Crippen molar-refractivity contribution in [2.24, 2.45) is 5.92 Å². The largest absolute Gasteiger partial charge is 0.492 e. The molecule has 0 aliphatic carbocycles. The lowest BCUT2D eigenvalue weighted by Gasteiger charge is -2.14. The van der Waals surface area contributed by atoms with E-state index in [1.807, 2.05) is 0 Å². The Morgan fingerprint density at radius 1 is 1.37 bits per heavy atom. The second-order valence-corrected chi connectivity index (χ2v) is 4.72. The van der Waals surface area contributed by atoms with Crippen molar-refractivity contribution in [3.05, 3.63) is 28.8 Å². The molecule has 1 aromatic rings. The van der Waals surface area contributed by atoms with Gasteiger partial charge in [-0.1, -0.05) is 11.6 Å². The van der Waals surface area contributed by atoms with Gasteiger partial charge in [0.05, 0.1) is 17.2 Å². The van der Waals surface area contributed by atoms with E-state index in [-0.39, 0.29) is 23.2 Å². The molecule has 1 aliphatic heterocycles. The van der Waals surface area contributed by atoms with E-state index < -0.39 is 11.7 Å². The van der Waals surface area contributed by atoms with Crippen molar-refractivity contribution >= 4 is 24.0 Å². The van der Waals surface area contributed by atoms with Crippen LogP contribution in [0.25, 0.3) is 0 Å². The van der Waals surface area contributed by atoms with Crippen molar-refractivity contribution in [1.82, 2.24) is 5.32 Å². The summed E-state index contributed by atoms with van der Waals surface area (Å²) in [5.41, 5.74) is -0.744. The molecule has 0 radical (unpaired) electrons. The highest BCUT2D eigenvalue weighted by atomic mass is 35.5. The Labute approximate surface area is 120 Å². The second-order valence-electron chi connectivity index (χ2n) is 4.31. The van der Waals surface area contributed by atoms with Gasteiger partial charge in [0.15, 0.2) is 0 Å². The van der Waals surface area contributed by atoms with Crippen LogP contribution in [0, 0.1) is 5.92 Å². The highest BCUT2D eigenvalue weighted by molar-refractivity contribution is 6.32. The molecule has 1 N–H and O–H groups in total. The fourth-order valence-electron chi connectivity index (χ4n) is 1.85. The Bertz CT molecular complexity index is 420. The van der Waals surface area contributed by atoms with Crippen molar-refractivity contribution in [3.63, 3.8) is 0 Å². The topological polar surface area (TPSA) is 21.3 Å². The van der Waals surface area contributed by atoms with Crippen LogP contribution < -0.4 is 10.1 Å². The van der Waals surface area contributed by atoms with Crippen LogP contribution in [0.4, 0.5) is 13.2 Å². The molecule has 2 nitrogen and oxygen atoms in total. The SMILES string of the molecule is Cl.FC(F)(F)c1ccc(Cl)c(OCC2CCNC2)c1. The minimum absolute atomic E-state index is 0. The Hall–Kier alpha value is -0.650. The second kappa shape index (κ2) is 6.68. The van der Waals surface area contributed by atoms with Gasteiger partial charge in [0.2, 0.25) is 0 Å². The molecule has 0 bridgehead atoms. The average molecular weight is 316 g/mol. The molecule has 2 rings (SSSR count). The van der Waals surface area contributed by atoms with Crippen LogP contribution in [0.1, 0.15) is 12.0 Å². The number of ether oxygens (including phenoxy) is 1. The first-order chi connectivity index (χ1) is 8.47. The molecule has 7 heteroatoms. The number of halogens is 5. The van der Waals surface area contributed by atoms with Gasteiger partial charge in [-0.05, 0) is 31.2 Å². The van der Waals surface area contributed by atoms with E-state index in [0.717, 1.165) is 31.6 Å². The summed E-state index contributed by atoms with van der Waals surface area (Å²) in [6, 6.07) is 3.11. The van der Waals surface area contributed by atoms with Gasteiger partial charge in [-0.2, -0.15) is 13.2 Å². The van der Waals surface area contributed by atoms with Crippen molar-refractivity contribution in [2.75, 3.05) is 19.7 Å². The smallest absolute Gasteiger partial charge is 0.416 e. The number of rotatable bonds is 3. The number of benzene rings is 1. The van der Waals surface area contributed by atoms with Gasteiger partial charge in [-0.25, -0.2) is 0 Å². The third-order valence-corrected chi connectivity index (χ3v) is 3.21. The maximum absolute atomic E-state index is 12.5. The van der Waals surface area contributed by atoms with E-state index in [1.54, 1.807) is 0 Å². The predicted molar refractivity (Wildman–Crippen MR) is 70.2 cm³/mol. The van der Waals surface area contributed by atoms with Gasteiger partial charge in [0, 0.05) is 12.5 Å². The molecule has 1 heterocycles. The van der Waals surface area contributed by atoms with Crippen molar-refractivity contribution in [2.45, 2.75) is 12.6 Å². The first-order valence-corrected chi connectivity index (χ1v) is 6.05. The van der Waals surface area contributed by atoms with Gasteiger partial charge in [0.25, 0.3) is 0 Å². The molecular formula is C12H14Cl2F3NO. The fourth-order valence-corrected chi connectivity index (χ4v) is 2.03. The number of hydrogen-bond acceptors (Lipinski definition) is 2. The first kappa shape index (κ1) is 16.4. The lowest BCUT2D eigenvalue weighted by atomic mass is 10.1. The molecule has 0 aromatic heterocycles. The van der Waals surface area contributed by atoms with Gasteiger partial charge in [-0.3, -0.25) is 0 Å². The minimum atomic E-state index is -4.38. The maximum atomic E-state index is 12.5. The summed E-state index contributed by atoms with van der Waals surface area (Å²) in [6.07, 6.45) is -3.41. The third-order valence-electron chi connectivity index (χ3n) is 2.90. The summed E-state index contributed by atoms with van der Waals surface area (Å²) >= 11 is 5.82. The van der Waals surface area contributed by atoms with Crippen molar-refractivity contribution < 1.29 is 17.9 Å². The van der Waals surface area contributed by atoms with E-state index in [4.69, 9.17) is 16.3 Å². The van der Waals surface area contributed by atoms with Gasteiger partial charge < -0.3 is 10.1 Å². The third kappa shape index (κ3) is 4.44. The Morgan fingerprint density at radius 2 is 2.11 bits per heavy atom. The van der Waals surface area contributed by atoms with E-state index in [1.165, 1.54) is 6.07 Å². The normalized spacial score (nSPS) is 19.1. The van der Waals surface area contributed by atoms with Crippen molar-refractivity contribution in [1.29, 1.82) is 0 Å². The molecule has 0 spiro atoms. The van der Waals surface area contributed by atoms with Crippen LogP contribution in [0.15, 0.2) is 18.2 Å². The Balaban J connectivity index is 0.00000180. The zero-order valence-corrected chi connectivity index (χ0v) is 11.5. The molecule has 1 aliphatic rings. The summed E-state index contributed by atoms with van der Waals surface area (Å²) in [6.45, 7) is 2.13. The zero-order valence-electron chi connectivity index (χ0n) is 9.97. The molecule has 1 fully saturated rings. The summed E-state index contributed by atoms with van der Waals surface area (Å²) in [5, 5.41) is 3.37. The van der Waals surface area contributed by atoms with Crippen LogP contribution in [0.2, 0.25) is 5.02 Å². The molecule has 1 aromatic carbocycles. The first-order valence-electron chi connectivity index (χ1n) is 5.67. The number of alkyl halides is 3. The van der Waals surface area contributed by atoms with Crippen LogP contribution in [-0.2, 0) is 6.18 Å². The predicted octanol–water partition coefficient (Wildman–Crippen LogP) is 3.77. The van der Waals surface area contributed by atoms with E-state index >= 15 is 0 Å². The molecule has 108 valence electrons. The van der Waals surface area contributed by atoms with Crippen LogP contribution in [-0.4, -0.2) is 19.7 Å². The fraction of sp³-hybridized carbons (Fsp3) is 0.500. The van der Waals surface area contributed by atoms with Crippen LogP contribution in [0.3, 0.4) is 0 Å². The van der Waals surface area contributed by atoms with Crippen LogP contribution in [0.5, 0.6) is 5.75 Å². The highest BCUT2D eigenvalue weighted by Crippen LogP contribution is 2.35. The van der Waals surface area contributed by atoms with Crippen LogP contribution >= 0.6 is 24.0 Å². The maximum Gasteiger partial charge on any atom is 0.416 e. The number of hydrogen-bond donors (Lipinski definition) is 1. The van der Waals surface area contributed by atoms with E-state index in [9.17, 15) is 13.2 Å². The Kier molecular flexibility index (Phi) is 5.77. The van der Waals surface area contributed by atoms with E-state index in [2.05, 4.69) is 5.32 Å². The van der Waals surface area contributed by atoms with Gasteiger partial charge in [-0.15, -0.1) is 12.4 Å². The summed E-state index contributed by atoms with van der Waals surface area (Å²) < 4.78 is 43.0. The monoisotopic (exact) mass is 315 g/mol. The molecule has 1 saturated heterocycles. The quantitative estimate of drug-likeness (QED) is 0.916. The zero-order chi connectivity index (χ0) is 13.2. The molecular weight excluding hydrogens is 302 g/mol. The summed E-state index contributed by atoms with van der Waals surface area (Å²) in [5.74, 6) is 0.425. The number of nitrogens with one attached hydrogen (secondary N) is 1. The minimum Gasteiger partial charge on any atom is -0.492 e. The van der Waals surface area contributed by atoms with Gasteiger partial charge in [0.1, 0.15) is 5.75 Å². The molecule has 1 atom stereocenters. The lowest BCUT2D eigenvalue weighted by molar-refractivity contribution is -0.137. The summed E-state index contributed by atoms with van der Waals surface area (Å²) in [7, 11) is 0. The van der Waals surface area contributed by atoms with Gasteiger partial charge >= 0.3 is 6.18 Å². The highest BCUT2D eigenvalue weighted by Gasteiger charge is 2.31. The average Bonchev–Trinajstić information content (AvgIpc) is 2.79.